The molecule has 0 fully saturated rings. The zero-order valence-corrected chi connectivity index (χ0v) is 10.8. The van der Waals surface area contributed by atoms with Crippen LogP contribution in [0.15, 0.2) is 47.1 Å². The van der Waals surface area contributed by atoms with Crippen molar-refractivity contribution >= 4 is 15.9 Å². The standard InChI is InChI=1S/C13H13BrN2O/c14-12-6-3-4-10(13(12)17)8-15-9-11-5-1-2-7-16-11/h1-7,15,17H,8-9H2. The van der Waals surface area contributed by atoms with Crippen molar-refractivity contribution in [2.45, 2.75) is 13.1 Å². The fourth-order valence-corrected chi connectivity index (χ4v) is 1.94. The minimum Gasteiger partial charge on any atom is -0.506 e. The first kappa shape index (κ1) is 12.1. The Balaban J connectivity index is 1.93. The number of nitrogens with one attached hydrogen (secondary N) is 1. The molecule has 4 heteroatoms. The smallest absolute Gasteiger partial charge is 0.134 e. The predicted octanol–water partition coefficient (Wildman–Crippen LogP) is 2.84. The van der Waals surface area contributed by atoms with Crippen LogP contribution in [0.1, 0.15) is 11.3 Å². The van der Waals surface area contributed by atoms with E-state index in [0.717, 1.165) is 15.7 Å². The summed E-state index contributed by atoms with van der Waals surface area (Å²) < 4.78 is 0.717. The van der Waals surface area contributed by atoms with Gasteiger partial charge in [-0.3, -0.25) is 4.98 Å². The molecule has 2 rings (SSSR count). The van der Waals surface area contributed by atoms with E-state index >= 15 is 0 Å². The molecule has 17 heavy (non-hydrogen) atoms. The monoisotopic (exact) mass is 292 g/mol. The number of aromatic hydroxyl groups is 1. The van der Waals surface area contributed by atoms with E-state index in [1.165, 1.54) is 0 Å². The fraction of sp³-hybridized carbons (Fsp3) is 0.154. The first-order valence-electron chi connectivity index (χ1n) is 5.34. The number of pyridine rings is 1. The summed E-state index contributed by atoms with van der Waals surface area (Å²) in [6, 6.07) is 11.4. The maximum absolute atomic E-state index is 9.79. The number of halogens is 1. The number of benzene rings is 1. The van der Waals surface area contributed by atoms with Gasteiger partial charge in [0.25, 0.3) is 0 Å². The Morgan fingerprint density at radius 3 is 2.76 bits per heavy atom. The normalized spacial score (nSPS) is 10.4. The van der Waals surface area contributed by atoms with E-state index < -0.39 is 0 Å². The number of hydrogen-bond donors (Lipinski definition) is 2. The lowest BCUT2D eigenvalue weighted by molar-refractivity contribution is 0.461. The van der Waals surface area contributed by atoms with Gasteiger partial charge in [0.2, 0.25) is 0 Å². The summed E-state index contributed by atoms with van der Waals surface area (Å²) in [5.74, 6) is 0.293. The van der Waals surface area contributed by atoms with Gasteiger partial charge in [-0.1, -0.05) is 18.2 Å². The average Bonchev–Trinajstić information content (AvgIpc) is 2.36. The highest BCUT2D eigenvalue weighted by atomic mass is 79.9. The van der Waals surface area contributed by atoms with Crippen LogP contribution < -0.4 is 5.32 Å². The number of phenolic OH excluding ortho intramolecular Hbond substituents is 1. The molecule has 88 valence electrons. The largest absolute Gasteiger partial charge is 0.506 e. The minimum absolute atomic E-state index is 0.293. The Bertz CT molecular complexity index is 488. The molecule has 0 bridgehead atoms. The Kier molecular flexibility index (Phi) is 4.12. The molecular formula is C13H13BrN2O. The number of rotatable bonds is 4. The lowest BCUT2D eigenvalue weighted by Gasteiger charge is -2.07. The lowest BCUT2D eigenvalue weighted by Crippen LogP contribution is -2.13. The van der Waals surface area contributed by atoms with E-state index in [9.17, 15) is 5.11 Å². The number of para-hydroxylation sites is 1. The van der Waals surface area contributed by atoms with Crippen molar-refractivity contribution in [3.8, 4) is 5.75 Å². The quantitative estimate of drug-likeness (QED) is 0.911. The van der Waals surface area contributed by atoms with E-state index in [2.05, 4.69) is 26.2 Å². The maximum atomic E-state index is 9.79. The Morgan fingerprint density at radius 1 is 1.12 bits per heavy atom. The minimum atomic E-state index is 0.293. The van der Waals surface area contributed by atoms with Crippen molar-refractivity contribution in [2.24, 2.45) is 0 Å². The van der Waals surface area contributed by atoms with Crippen molar-refractivity contribution in [2.75, 3.05) is 0 Å². The molecule has 1 heterocycles. The first-order chi connectivity index (χ1) is 8.27. The van der Waals surface area contributed by atoms with Crippen LogP contribution in [-0.4, -0.2) is 10.1 Å². The third-order valence-corrected chi connectivity index (χ3v) is 3.06. The topological polar surface area (TPSA) is 45.1 Å². The molecule has 0 aliphatic carbocycles. The van der Waals surface area contributed by atoms with Gasteiger partial charge < -0.3 is 10.4 Å². The van der Waals surface area contributed by atoms with Crippen LogP contribution in [-0.2, 0) is 13.1 Å². The molecule has 0 saturated heterocycles. The first-order valence-corrected chi connectivity index (χ1v) is 6.13. The average molecular weight is 293 g/mol. The third kappa shape index (κ3) is 3.28. The second kappa shape index (κ2) is 5.80. The van der Waals surface area contributed by atoms with Crippen LogP contribution in [0, 0.1) is 0 Å². The molecule has 1 aromatic carbocycles. The highest BCUT2D eigenvalue weighted by molar-refractivity contribution is 9.10. The number of aromatic nitrogens is 1. The van der Waals surface area contributed by atoms with E-state index in [1.54, 1.807) is 6.20 Å². The van der Waals surface area contributed by atoms with Crippen LogP contribution >= 0.6 is 15.9 Å². The van der Waals surface area contributed by atoms with Gasteiger partial charge in [0.05, 0.1) is 10.2 Å². The van der Waals surface area contributed by atoms with Gasteiger partial charge in [-0.25, -0.2) is 0 Å². The van der Waals surface area contributed by atoms with Gasteiger partial charge >= 0.3 is 0 Å². The van der Waals surface area contributed by atoms with Gasteiger partial charge in [0.1, 0.15) is 5.75 Å². The molecule has 1 aromatic heterocycles. The van der Waals surface area contributed by atoms with Gasteiger partial charge in [-0.2, -0.15) is 0 Å². The third-order valence-electron chi connectivity index (χ3n) is 2.42. The second-order valence-corrected chi connectivity index (χ2v) is 4.53. The Hall–Kier alpha value is -1.39. The highest BCUT2D eigenvalue weighted by Crippen LogP contribution is 2.27. The predicted molar refractivity (Wildman–Crippen MR) is 70.6 cm³/mol. The van der Waals surface area contributed by atoms with Crippen LogP contribution in [0.3, 0.4) is 0 Å². The van der Waals surface area contributed by atoms with Crippen LogP contribution in [0.4, 0.5) is 0 Å². The summed E-state index contributed by atoms with van der Waals surface area (Å²) in [7, 11) is 0. The summed E-state index contributed by atoms with van der Waals surface area (Å²) in [5.41, 5.74) is 1.86. The zero-order valence-electron chi connectivity index (χ0n) is 9.23. The van der Waals surface area contributed by atoms with Gasteiger partial charge in [0, 0.05) is 24.8 Å². The molecule has 0 atom stereocenters. The molecule has 0 aliphatic heterocycles. The van der Waals surface area contributed by atoms with E-state index in [0.29, 0.717) is 18.8 Å². The Morgan fingerprint density at radius 2 is 2.00 bits per heavy atom. The van der Waals surface area contributed by atoms with Gasteiger partial charge in [-0.15, -0.1) is 0 Å². The summed E-state index contributed by atoms with van der Waals surface area (Å²) in [6.45, 7) is 1.30. The van der Waals surface area contributed by atoms with Crippen LogP contribution in [0.5, 0.6) is 5.75 Å². The summed E-state index contributed by atoms with van der Waals surface area (Å²) in [6.07, 6.45) is 1.77. The number of phenols is 1. The fourth-order valence-electron chi connectivity index (χ4n) is 1.53. The Labute approximate surface area is 109 Å². The van der Waals surface area contributed by atoms with Gasteiger partial charge in [0.15, 0.2) is 0 Å². The maximum Gasteiger partial charge on any atom is 0.134 e. The molecule has 0 unspecified atom stereocenters. The SMILES string of the molecule is Oc1c(Br)cccc1CNCc1ccccn1. The molecule has 0 radical (unpaired) electrons. The van der Waals surface area contributed by atoms with E-state index in [1.807, 2.05) is 36.4 Å². The molecule has 0 amide bonds. The van der Waals surface area contributed by atoms with Gasteiger partial charge in [-0.05, 0) is 34.1 Å². The molecular weight excluding hydrogens is 280 g/mol. The molecule has 0 saturated carbocycles. The van der Waals surface area contributed by atoms with E-state index in [-0.39, 0.29) is 0 Å². The molecule has 2 aromatic rings. The molecule has 0 spiro atoms. The second-order valence-electron chi connectivity index (χ2n) is 3.67. The molecule has 0 aliphatic rings. The van der Waals surface area contributed by atoms with Crippen molar-refractivity contribution in [1.82, 2.24) is 10.3 Å². The summed E-state index contributed by atoms with van der Waals surface area (Å²) in [4.78, 5) is 4.22. The van der Waals surface area contributed by atoms with Crippen LogP contribution in [0.25, 0.3) is 0 Å². The van der Waals surface area contributed by atoms with Crippen molar-refractivity contribution < 1.29 is 5.11 Å². The highest BCUT2D eigenvalue weighted by Gasteiger charge is 2.03. The summed E-state index contributed by atoms with van der Waals surface area (Å²) >= 11 is 3.29. The summed E-state index contributed by atoms with van der Waals surface area (Å²) in [5, 5.41) is 13.0. The zero-order chi connectivity index (χ0) is 12.1. The molecule has 2 N–H and O–H groups in total. The van der Waals surface area contributed by atoms with Crippen molar-refractivity contribution in [1.29, 1.82) is 0 Å². The number of hydrogen-bond acceptors (Lipinski definition) is 3. The number of nitrogens with zero attached hydrogens (tertiary/aromatic N) is 1. The van der Waals surface area contributed by atoms with Crippen LogP contribution in [0.2, 0.25) is 0 Å². The molecule has 3 nitrogen and oxygen atoms in total. The lowest BCUT2D eigenvalue weighted by atomic mass is 10.2. The van der Waals surface area contributed by atoms with Crippen molar-refractivity contribution in [3.05, 3.63) is 58.3 Å². The van der Waals surface area contributed by atoms with E-state index in [4.69, 9.17) is 0 Å². The van der Waals surface area contributed by atoms with Crippen molar-refractivity contribution in [3.63, 3.8) is 0 Å².